The number of aryl methyl sites for hydroxylation is 1. The van der Waals surface area contributed by atoms with E-state index >= 15 is 0 Å². The highest BCUT2D eigenvalue weighted by atomic mass is 35.5. The maximum Gasteiger partial charge on any atom is 0.123 e. The molecule has 0 N–H and O–H groups in total. The molecule has 5 nitrogen and oxygen atoms in total. The molecule has 2 aromatic heterocycles. The second kappa shape index (κ2) is 8.56. The van der Waals surface area contributed by atoms with E-state index in [1.807, 2.05) is 24.5 Å². The minimum Gasteiger partial charge on any atom is -0.493 e. The van der Waals surface area contributed by atoms with Crippen LogP contribution in [-0.2, 0) is 13.6 Å². The standard InChI is InChI=1S/C24H29ClN4O/c1-28-22-6-10-26-15-21(22)27-24(28)16-29-11-7-18(8-12-29)20-14-19(25)4-5-23(20)30-13-9-17-2-3-17/h4-6,10,14-15,17-18H,2-3,7-9,11-13,16H2,1H3. The van der Waals surface area contributed by atoms with Gasteiger partial charge in [0, 0.05) is 18.3 Å². The summed E-state index contributed by atoms with van der Waals surface area (Å²) in [5.41, 5.74) is 3.39. The van der Waals surface area contributed by atoms with Crippen molar-refractivity contribution in [2.75, 3.05) is 19.7 Å². The van der Waals surface area contributed by atoms with Gasteiger partial charge in [-0.1, -0.05) is 24.4 Å². The van der Waals surface area contributed by atoms with Crippen molar-refractivity contribution >= 4 is 22.6 Å². The third-order valence-electron chi connectivity index (χ3n) is 6.62. The van der Waals surface area contributed by atoms with E-state index in [9.17, 15) is 0 Å². The predicted octanol–water partition coefficient (Wildman–Crippen LogP) is 5.18. The first-order chi connectivity index (χ1) is 14.7. The molecule has 5 rings (SSSR count). The molecular formula is C24H29ClN4O. The normalized spacial score (nSPS) is 18.2. The molecule has 1 saturated heterocycles. The Kier molecular flexibility index (Phi) is 5.66. The zero-order valence-electron chi connectivity index (χ0n) is 17.6. The quantitative estimate of drug-likeness (QED) is 0.524. The molecule has 0 atom stereocenters. The number of pyridine rings is 1. The molecule has 1 aliphatic heterocycles. The van der Waals surface area contributed by atoms with Crippen molar-refractivity contribution in [3.8, 4) is 5.75 Å². The van der Waals surface area contributed by atoms with Crippen molar-refractivity contribution in [3.05, 3.63) is 53.1 Å². The molecular weight excluding hydrogens is 396 g/mol. The summed E-state index contributed by atoms with van der Waals surface area (Å²) in [6.45, 7) is 3.80. The van der Waals surface area contributed by atoms with E-state index in [-0.39, 0.29) is 0 Å². The van der Waals surface area contributed by atoms with Gasteiger partial charge in [-0.05, 0) is 74.0 Å². The topological polar surface area (TPSA) is 43.2 Å². The number of likely N-dealkylation sites (tertiary alicyclic amines) is 1. The fourth-order valence-electron chi connectivity index (χ4n) is 4.56. The number of fused-ring (bicyclic) bond motifs is 1. The first kappa shape index (κ1) is 19.8. The fraction of sp³-hybridized carbons (Fsp3) is 0.500. The average molecular weight is 425 g/mol. The third kappa shape index (κ3) is 4.33. The summed E-state index contributed by atoms with van der Waals surface area (Å²) in [5.74, 6) is 3.52. The number of aromatic nitrogens is 3. The van der Waals surface area contributed by atoms with E-state index in [1.54, 1.807) is 0 Å². The largest absolute Gasteiger partial charge is 0.493 e. The molecule has 0 radical (unpaired) electrons. The van der Waals surface area contributed by atoms with E-state index in [0.717, 1.165) is 72.6 Å². The van der Waals surface area contributed by atoms with Crippen molar-refractivity contribution in [1.82, 2.24) is 19.4 Å². The summed E-state index contributed by atoms with van der Waals surface area (Å²) in [6.07, 6.45) is 9.82. The molecule has 0 bridgehead atoms. The van der Waals surface area contributed by atoms with Gasteiger partial charge in [0.05, 0.1) is 24.9 Å². The van der Waals surface area contributed by atoms with Crippen LogP contribution >= 0.6 is 11.6 Å². The first-order valence-electron chi connectivity index (χ1n) is 11.1. The van der Waals surface area contributed by atoms with Gasteiger partial charge in [-0.25, -0.2) is 4.98 Å². The van der Waals surface area contributed by atoms with Gasteiger partial charge in [-0.3, -0.25) is 9.88 Å². The molecule has 3 heterocycles. The van der Waals surface area contributed by atoms with Gasteiger partial charge in [-0.15, -0.1) is 0 Å². The Labute approximate surface area is 183 Å². The molecule has 2 aliphatic rings. The lowest BCUT2D eigenvalue weighted by atomic mass is 9.88. The Morgan fingerprint density at radius 1 is 1.13 bits per heavy atom. The predicted molar refractivity (Wildman–Crippen MR) is 120 cm³/mol. The Morgan fingerprint density at radius 3 is 2.73 bits per heavy atom. The Morgan fingerprint density at radius 2 is 1.97 bits per heavy atom. The van der Waals surface area contributed by atoms with Crippen molar-refractivity contribution in [3.63, 3.8) is 0 Å². The SMILES string of the molecule is Cn1c(CN2CCC(c3cc(Cl)ccc3OCCC3CC3)CC2)nc2cnccc21. The highest BCUT2D eigenvalue weighted by Gasteiger charge is 2.25. The van der Waals surface area contributed by atoms with Gasteiger partial charge in [0.1, 0.15) is 17.1 Å². The van der Waals surface area contributed by atoms with E-state index in [2.05, 4.69) is 33.6 Å². The van der Waals surface area contributed by atoms with Gasteiger partial charge in [0.15, 0.2) is 0 Å². The summed E-state index contributed by atoms with van der Waals surface area (Å²) in [6, 6.07) is 8.16. The third-order valence-corrected chi connectivity index (χ3v) is 6.86. The lowest BCUT2D eigenvalue weighted by molar-refractivity contribution is 0.196. The lowest BCUT2D eigenvalue weighted by Crippen LogP contribution is -2.33. The molecule has 2 fully saturated rings. The van der Waals surface area contributed by atoms with Crippen LogP contribution in [0.3, 0.4) is 0 Å². The summed E-state index contributed by atoms with van der Waals surface area (Å²) < 4.78 is 8.36. The van der Waals surface area contributed by atoms with Crippen LogP contribution in [0.1, 0.15) is 49.4 Å². The van der Waals surface area contributed by atoms with Crippen molar-refractivity contribution < 1.29 is 4.74 Å². The van der Waals surface area contributed by atoms with Crippen LogP contribution in [0.15, 0.2) is 36.7 Å². The van der Waals surface area contributed by atoms with Gasteiger partial charge < -0.3 is 9.30 Å². The second-order valence-corrected chi connectivity index (χ2v) is 9.20. The molecule has 6 heteroatoms. The zero-order chi connectivity index (χ0) is 20.5. The van der Waals surface area contributed by atoms with Crippen molar-refractivity contribution in [2.45, 2.75) is 44.6 Å². The molecule has 0 amide bonds. The molecule has 1 saturated carbocycles. The Hall–Kier alpha value is -2.11. The maximum absolute atomic E-state index is 6.34. The van der Waals surface area contributed by atoms with Crippen LogP contribution in [-0.4, -0.2) is 39.1 Å². The number of halogens is 1. The highest BCUT2D eigenvalue weighted by Crippen LogP contribution is 2.37. The van der Waals surface area contributed by atoms with Crippen molar-refractivity contribution in [1.29, 1.82) is 0 Å². The number of hydrogen-bond acceptors (Lipinski definition) is 4. The van der Waals surface area contributed by atoms with Gasteiger partial charge in [0.2, 0.25) is 0 Å². The zero-order valence-corrected chi connectivity index (χ0v) is 18.3. The summed E-state index contributed by atoms with van der Waals surface area (Å²) in [5, 5.41) is 0.801. The maximum atomic E-state index is 6.34. The van der Waals surface area contributed by atoms with Crippen LogP contribution in [0.25, 0.3) is 11.0 Å². The average Bonchev–Trinajstić information content (AvgIpc) is 3.54. The van der Waals surface area contributed by atoms with Crippen molar-refractivity contribution in [2.24, 2.45) is 13.0 Å². The van der Waals surface area contributed by atoms with Gasteiger partial charge >= 0.3 is 0 Å². The minimum atomic E-state index is 0.500. The molecule has 1 aliphatic carbocycles. The number of hydrogen-bond donors (Lipinski definition) is 0. The second-order valence-electron chi connectivity index (χ2n) is 8.76. The van der Waals surface area contributed by atoms with Gasteiger partial charge in [0.25, 0.3) is 0 Å². The van der Waals surface area contributed by atoms with Crippen LogP contribution in [0.5, 0.6) is 5.75 Å². The van der Waals surface area contributed by atoms with Gasteiger partial charge in [-0.2, -0.15) is 0 Å². The highest BCUT2D eigenvalue weighted by molar-refractivity contribution is 6.30. The van der Waals surface area contributed by atoms with E-state index in [4.69, 9.17) is 21.3 Å². The monoisotopic (exact) mass is 424 g/mol. The number of rotatable bonds is 7. The molecule has 3 aromatic rings. The van der Waals surface area contributed by atoms with E-state index in [1.165, 1.54) is 24.8 Å². The smallest absolute Gasteiger partial charge is 0.123 e. The number of nitrogens with zero attached hydrogens (tertiary/aromatic N) is 4. The summed E-state index contributed by atoms with van der Waals surface area (Å²) in [4.78, 5) is 11.5. The first-order valence-corrected chi connectivity index (χ1v) is 11.4. The van der Waals surface area contributed by atoms with Crippen LogP contribution in [0, 0.1) is 5.92 Å². The Bertz CT molecular complexity index is 1020. The minimum absolute atomic E-state index is 0.500. The van der Waals surface area contributed by atoms with Crippen LogP contribution in [0.2, 0.25) is 5.02 Å². The fourth-order valence-corrected chi connectivity index (χ4v) is 4.74. The molecule has 1 aromatic carbocycles. The van der Waals surface area contributed by atoms with Crippen LogP contribution in [0.4, 0.5) is 0 Å². The Balaban J connectivity index is 1.23. The van der Waals surface area contributed by atoms with Crippen LogP contribution < -0.4 is 4.74 Å². The summed E-state index contributed by atoms with van der Waals surface area (Å²) >= 11 is 6.34. The molecule has 0 unspecified atom stereocenters. The molecule has 30 heavy (non-hydrogen) atoms. The lowest BCUT2D eigenvalue weighted by Gasteiger charge is -2.32. The number of imidazole rings is 1. The number of piperidine rings is 1. The number of benzene rings is 1. The molecule has 158 valence electrons. The van der Waals surface area contributed by atoms with E-state index in [0.29, 0.717) is 5.92 Å². The summed E-state index contributed by atoms with van der Waals surface area (Å²) in [7, 11) is 2.09. The number of ether oxygens (including phenoxy) is 1. The molecule has 0 spiro atoms. The van der Waals surface area contributed by atoms with E-state index < -0.39 is 0 Å².